The first kappa shape index (κ1) is 11.3. The van der Waals surface area contributed by atoms with E-state index >= 15 is 0 Å². The summed E-state index contributed by atoms with van der Waals surface area (Å²) in [5.74, 6) is 0.892. The minimum absolute atomic E-state index is 0.892. The molecule has 2 rings (SSSR count). The molecule has 0 aromatic heterocycles. The van der Waals surface area contributed by atoms with Gasteiger partial charge in [-0.15, -0.1) is 0 Å². The summed E-state index contributed by atoms with van der Waals surface area (Å²) in [7, 11) is 0. The predicted octanol–water partition coefficient (Wildman–Crippen LogP) is 4.13. The third-order valence-corrected chi connectivity index (χ3v) is 2.98. The molecule has 0 unspecified atom stereocenters. The summed E-state index contributed by atoms with van der Waals surface area (Å²) >= 11 is 4.31. The van der Waals surface area contributed by atoms with Crippen LogP contribution in [0, 0.1) is 6.92 Å². The fourth-order valence-corrected chi connectivity index (χ4v) is 2.11. The van der Waals surface area contributed by atoms with E-state index in [-0.39, 0.29) is 0 Å². The molecule has 0 aliphatic carbocycles. The van der Waals surface area contributed by atoms with Crippen molar-refractivity contribution in [3.05, 3.63) is 59.7 Å². The molecule has 0 heterocycles. The fourth-order valence-electron chi connectivity index (χ4n) is 1.87. The third-order valence-electron chi connectivity index (χ3n) is 2.76. The lowest BCUT2D eigenvalue weighted by molar-refractivity contribution is 1.16. The first-order valence-corrected chi connectivity index (χ1v) is 6.20. The quantitative estimate of drug-likeness (QED) is 0.750. The van der Waals surface area contributed by atoms with Crippen LogP contribution in [0.25, 0.3) is 11.1 Å². The average Bonchev–Trinajstić information content (AvgIpc) is 2.32. The Hall–Kier alpha value is -1.21. The monoisotopic (exact) mass is 228 g/mol. The normalized spacial score (nSPS) is 10.4. The molecule has 2 aromatic carbocycles. The number of rotatable bonds is 3. The van der Waals surface area contributed by atoms with Gasteiger partial charge in [-0.1, -0.05) is 54.1 Å². The molecule has 2 aromatic rings. The molecule has 82 valence electrons. The number of aryl methyl sites for hydroxylation is 2. The first-order valence-electron chi connectivity index (χ1n) is 5.57. The first-order chi connectivity index (χ1) is 7.81. The second kappa shape index (κ2) is 5.22. The van der Waals surface area contributed by atoms with Gasteiger partial charge in [-0.05, 0) is 35.8 Å². The highest BCUT2D eigenvalue weighted by Crippen LogP contribution is 2.24. The van der Waals surface area contributed by atoms with Crippen LogP contribution in [0.3, 0.4) is 0 Å². The van der Waals surface area contributed by atoms with Gasteiger partial charge in [-0.25, -0.2) is 0 Å². The number of hydrogen-bond donors (Lipinski definition) is 1. The van der Waals surface area contributed by atoms with Gasteiger partial charge >= 0.3 is 0 Å². The van der Waals surface area contributed by atoms with Crippen molar-refractivity contribution in [2.24, 2.45) is 0 Å². The molecule has 0 bridgehead atoms. The van der Waals surface area contributed by atoms with Crippen LogP contribution in [0.15, 0.2) is 48.5 Å². The van der Waals surface area contributed by atoms with Gasteiger partial charge < -0.3 is 0 Å². The maximum atomic E-state index is 4.31. The molecule has 0 aliphatic rings. The van der Waals surface area contributed by atoms with Crippen molar-refractivity contribution in [2.75, 3.05) is 5.75 Å². The average molecular weight is 228 g/mol. The molecule has 0 amide bonds. The minimum Gasteiger partial charge on any atom is -0.179 e. The van der Waals surface area contributed by atoms with Crippen LogP contribution in [-0.2, 0) is 6.42 Å². The van der Waals surface area contributed by atoms with Gasteiger partial charge in [0.2, 0.25) is 0 Å². The smallest absolute Gasteiger partial charge is 0.00571 e. The van der Waals surface area contributed by atoms with E-state index in [1.54, 1.807) is 0 Å². The van der Waals surface area contributed by atoms with Crippen LogP contribution in [0.5, 0.6) is 0 Å². The maximum absolute atomic E-state index is 4.31. The summed E-state index contributed by atoms with van der Waals surface area (Å²) in [6.07, 6.45) is 1.02. The zero-order valence-corrected chi connectivity index (χ0v) is 10.4. The van der Waals surface area contributed by atoms with Gasteiger partial charge in [0.1, 0.15) is 0 Å². The van der Waals surface area contributed by atoms with Crippen LogP contribution in [-0.4, -0.2) is 5.75 Å². The van der Waals surface area contributed by atoms with E-state index in [1.807, 2.05) is 0 Å². The summed E-state index contributed by atoms with van der Waals surface area (Å²) in [6.45, 7) is 2.11. The highest BCUT2D eigenvalue weighted by molar-refractivity contribution is 7.80. The van der Waals surface area contributed by atoms with Crippen molar-refractivity contribution in [3.63, 3.8) is 0 Å². The summed E-state index contributed by atoms with van der Waals surface area (Å²) in [6, 6.07) is 17.3. The molecule has 0 N–H and O–H groups in total. The molecule has 0 nitrogen and oxygen atoms in total. The van der Waals surface area contributed by atoms with Crippen LogP contribution >= 0.6 is 12.6 Å². The lowest BCUT2D eigenvalue weighted by Crippen LogP contribution is -1.90. The minimum atomic E-state index is 0.892. The van der Waals surface area contributed by atoms with E-state index in [0.29, 0.717) is 0 Å². The molecule has 0 spiro atoms. The molecule has 0 aliphatic heterocycles. The highest BCUT2D eigenvalue weighted by atomic mass is 32.1. The van der Waals surface area contributed by atoms with E-state index in [2.05, 4.69) is 68.1 Å². The number of benzene rings is 2. The lowest BCUT2D eigenvalue weighted by atomic mass is 9.97. The Bertz CT molecular complexity index is 457. The molecule has 0 atom stereocenters. The van der Waals surface area contributed by atoms with Crippen LogP contribution in [0.1, 0.15) is 11.1 Å². The van der Waals surface area contributed by atoms with E-state index < -0.39 is 0 Å². The lowest BCUT2D eigenvalue weighted by Gasteiger charge is -2.08. The summed E-state index contributed by atoms with van der Waals surface area (Å²) in [5.41, 5.74) is 5.30. The SMILES string of the molecule is Cc1ccc(-c2ccccc2CCS)cc1. The molecule has 0 fully saturated rings. The van der Waals surface area contributed by atoms with Crippen LogP contribution in [0.4, 0.5) is 0 Å². The van der Waals surface area contributed by atoms with E-state index in [4.69, 9.17) is 0 Å². The maximum Gasteiger partial charge on any atom is -0.00571 e. The summed E-state index contributed by atoms with van der Waals surface area (Å²) in [4.78, 5) is 0. The van der Waals surface area contributed by atoms with E-state index in [0.717, 1.165) is 12.2 Å². The fraction of sp³-hybridized carbons (Fsp3) is 0.200. The third kappa shape index (κ3) is 2.48. The topological polar surface area (TPSA) is 0 Å². The van der Waals surface area contributed by atoms with Crippen molar-refractivity contribution < 1.29 is 0 Å². The molecular weight excluding hydrogens is 212 g/mol. The Morgan fingerprint density at radius 1 is 0.938 bits per heavy atom. The Kier molecular flexibility index (Phi) is 3.68. The number of hydrogen-bond acceptors (Lipinski definition) is 1. The van der Waals surface area contributed by atoms with Gasteiger partial charge in [0.15, 0.2) is 0 Å². The number of thiol groups is 1. The van der Waals surface area contributed by atoms with Gasteiger partial charge in [0, 0.05) is 0 Å². The standard InChI is InChI=1S/C15H16S/c1-12-6-8-14(9-7-12)15-5-3-2-4-13(15)10-11-16/h2-9,16H,10-11H2,1H3. The Morgan fingerprint density at radius 2 is 1.62 bits per heavy atom. The van der Waals surface area contributed by atoms with Gasteiger partial charge in [-0.2, -0.15) is 12.6 Å². The summed E-state index contributed by atoms with van der Waals surface area (Å²) in [5, 5.41) is 0. The van der Waals surface area contributed by atoms with E-state index in [9.17, 15) is 0 Å². The Balaban J connectivity index is 2.42. The zero-order chi connectivity index (χ0) is 11.4. The van der Waals surface area contributed by atoms with Crippen molar-refractivity contribution >= 4 is 12.6 Å². The molecule has 0 radical (unpaired) electrons. The highest BCUT2D eigenvalue weighted by Gasteiger charge is 2.02. The molecule has 0 saturated carbocycles. The van der Waals surface area contributed by atoms with Crippen molar-refractivity contribution in [3.8, 4) is 11.1 Å². The Labute approximate surface area is 103 Å². The van der Waals surface area contributed by atoms with Gasteiger partial charge in [0.05, 0.1) is 0 Å². The van der Waals surface area contributed by atoms with Gasteiger partial charge in [-0.3, -0.25) is 0 Å². The Morgan fingerprint density at radius 3 is 2.31 bits per heavy atom. The molecule has 0 saturated heterocycles. The largest absolute Gasteiger partial charge is 0.179 e. The molecular formula is C15H16S. The molecule has 16 heavy (non-hydrogen) atoms. The van der Waals surface area contributed by atoms with Crippen LogP contribution < -0.4 is 0 Å². The zero-order valence-electron chi connectivity index (χ0n) is 9.48. The second-order valence-electron chi connectivity index (χ2n) is 4.00. The summed E-state index contributed by atoms with van der Waals surface area (Å²) < 4.78 is 0. The van der Waals surface area contributed by atoms with Crippen molar-refractivity contribution in [1.82, 2.24) is 0 Å². The second-order valence-corrected chi connectivity index (χ2v) is 4.44. The predicted molar refractivity (Wildman–Crippen MR) is 74.2 cm³/mol. The van der Waals surface area contributed by atoms with Crippen molar-refractivity contribution in [2.45, 2.75) is 13.3 Å². The van der Waals surface area contributed by atoms with E-state index in [1.165, 1.54) is 22.3 Å². The van der Waals surface area contributed by atoms with Crippen molar-refractivity contribution in [1.29, 1.82) is 0 Å². The van der Waals surface area contributed by atoms with Gasteiger partial charge in [0.25, 0.3) is 0 Å². The van der Waals surface area contributed by atoms with Crippen LogP contribution in [0.2, 0.25) is 0 Å². The molecule has 1 heteroatoms.